The van der Waals surface area contributed by atoms with Crippen molar-refractivity contribution >= 4 is 10.8 Å². The number of ether oxygens (including phenoxy) is 2. The Balaban J connectivity index is 1.67. The second-order valence-corrected chi connectivity index (χ2v) is 6.96. The quantitative estimate of drug-likeness (QED) is 0.751. The Morgan fingerprint density at radius 1 is 0.783 bits per heavy atom. The Morgan fingerprint density at radius 2 is 1.52 bits per heavy atom. The van der Waals surface area contributed by atoms with Crippen LogP contribution < -0.4 is 4.74 Å². The standard InChI is InChI=1S/C21H26O2/c1-2-6-16(7-3-1)18-10-11-21(20-9-5-4-8-19(18)20)23-17-12-14-22-15-13-17/h4-5,8-11,16-17H,1-3,6-7,12-15H2. The van der Waals surface area contributed by atoms with Crippen molar-refractivity contribution in [1.82, 2.24) is 0 Å². The molecule has 0 aromatic heterocycles. The van der Waals surface area contributed by atoms with Crippen LogP contribution in [0.4, 0.5) is 0 Å². The lowest BCUT2D eigenvalue weighted by molar-refractivity contribution is 0.0262. The first-order valence-corrected chi connectivity index (χ1v) is 9.18. The molecule has 1 saturated heterocycles. The highest BCUT2D eigenvalue weighted by atomic mass is 16.5. The molecule has 0 N–H and O–H groups in total. The lowest BCUT2D eigenvalue weighted by Crippen LogP contribution is -2.26. The highest BCUT2D eigenvalue weighted by Gasteiger charge is 2.20. The van der Waals surface area contributed by atoms with Gasteiger partial charge in [-0.25, -0.2) is 0 Å². The van der Waals surface area contributed by atoms with E-state index in [2.05, 4.69) is 36.4 Å². The molecular weight excluding hydrogens is 284 g/mol. The van der Waals surface area contributed by atoms with Crippen LogP contribution in [0.3, 0.4) is 0 Å². The summed E-state index contributed by atoms with van der Waals surface area (Å²) in [5.74, 6) is 1.78. The fraction of sp³-hybridized carbons (Fsp3) is 0.524. The predicted molar refractivity (Wildman–Crippen MR) is 94.2 cm³/mol. The minimum absolute atomic E-state index is 0.299. The molecule has 2 heteroatoms. The third kappa shape index (κ3) is 3.23. The summed E-state index contributed by atoms with van der Waals surface area (Å²) < 4.78 is 11.8. The maximum absolute atomic E-state index is 6.33. The van der Waals surface area contributed by atoms with Crippen LogP contribution in [0.25, 0.3) is 10.8 Å². The van der Waals surface area contributed by atoms with Gasteiger partial charge in [0.15, 0.2) is 0 Å². The third-order valence-corrected chi connectivity index (χ3v) is 5.42. The van der Waals surface area contributed by atoms with Gasteiger partial charge >= 0.3 is 0 Å². The first-order valence-electron chi connectivity index (χ1n) is 9.18. The molecule has 0 atom stereocenters. The fourth-order valence-corrected chi connectivity index (χ4v) is 4.14. The van der Waals surface area contributed by atoms with E-state index in [1.54, 1.807) is 0 Å². The summed E-state index contributed by atoms with van der Waals surface area (Å²) in [6.45, 7) is 1.64. The minimum atomic E-state index is 0.299. The maximum Gasteiger partial charge on any atom is 0.127 e. The molecule has 23 heavy (non-hydrogen) atoms. The van der Waals surface area contributed by atoms with Crippen LogP contribution in [-0.2, 0) is 4.74 Å². The molecule has 122 valence electrons. The van der Waals surface area contributed by atoms with Gasteiger partial charge in [0.1, 0.15) is 11.9 Å². The highest BCUT2D eigenvalue weighted by Crippen LogP contribution is 2.39. The zero-order chi connectivity index (χ0) is 15.5. The summed E-state index contributed by atoms with van der Waals surface area (Å²) in [6, 6.07) is 13.3. The molecule has 0 radical (unpaired) electrons. The van der Waals surface area contributed by atoms with Crippen molar-refractivity contribution in [2.24, 2.45) is 0 Å². The number of rotatable bonds is 3. The number of hydrogen-bond donors (Lipinski definition) is 0. The molecule has 0 bridgehead atoms. The second kappa shape index (κ2) is 6.92. The summed E-state index contributed by atoms with van der Waals surface area (Å²) in [6.07, 6.45) is 9.12. The van der Waals surface area contributed by atoms with Gasteiger partial charge in [0.05, 0.1) is 13.2 Å². The van der Waals surface area contributed by atoms with Gasteiger partial charge in [-0.1, -0.05) is 49.6 Å². The van der Waals surface area contributed by atoms with Crippen LogP contribution in [0.5, 0.6) is 5.75 Å². The molecule has 2 aromatic rings. The molecule has 2 nitrogen and oxygen atoms in total. The van der Waals surface area contributed by atoms with E-state index in [1.165, 1.54) is 48.4 Å². The van der Waals surface area contributed by atoms with Gasteiger partial charge in [0, 0.05) is 18.2 Å². The van der Waals surface area contributed by atoms with Gasteiger partial charge in [0.2, 0.25) is 0 Å². The smallest absolute Gasteiger partial charge is 0.127 e. The van der Waals surface area contributed by atoms with E-state index < -0.39 is 0 Å². The van der Waals surface area contributed by atoms with Crippen LogP contribution in [0.15, 0.2) is 36.4 Å². The molecular formula is C21H26O2. The lowest BCUT2D eigenvalue weighted by atomic mass is 9.82. The lowest BCUT2D eigenvalue weighted by Gasteiger charge is -2.26. The van der Waals surface area contributed by atoms with Crippen LogP contribution in [-0.4, -0.2) is 19.3 Å². The van der Waals surface area contributed by atoms with E-state index in [1.807, 2.05) is 0 Å². The largest absolute Gasteiger partial charge is 0.490 e. The number of fused-ring (bicyclic) bond motifs is 1. The van der Waals surface area contributed by atoms with Gasteiger partial charge in [0.25, 0.3) is 0 Å². The number of benzene rings is 2. The SMILES string of the molecule is c1ccc2c(C3CCCCC3)ccc(OC3CCOCC3)c2c1. The van der Waals surface area contributed by atoms with Gasteiger partial charge in [-0.05, 0) is 35.8 Å². The summed E-state index contributed by atoms with van der Waals surface area (Å²) in [4.78, 5) is 0. The molecule has 2 aromatic carbocycles. The first kappa shape index (κ1) is 15.0. The topological polar surface area (TPSA) is 18.5 Å². The van der Waals surface area contributed by atoms with Crippen molar-refractivity contribution in [1.29, 1.82) is 0 Å². The molecule has 0 amide bonds. The van der Waals surface area contributed by atoms with Gasteiger partial charge in [-0.15, -0.1) is 0 Å². The van der Waals surface area contributed by atoms with Crippen molar-refractivity contribution in [3.05, 3.63) is 42.0 Å². The molecule has 2 fully saturated rings. The number of hydrogen-bond acceptors (Lipinski definition) is 2. The molecule has 1 aliphatic carbocycles. The monoisotopic (exact) mass is 310 g/mol. The molecule has 2 aliphatic rings. The predicted octanol–water partition coefficient (Wildman–Crippen LogP) is 5.45. The van der Waals surface area contributed by atoms with Crippen molar-refractivity contribution in [3.63, 3.8) is 0 Å². The van der Waals surface area contributed by atoms with Crippen LogP contribution in [0.1, 0.15) is 56.4 Å². The fourth-order valence-electron chi connectivity index (χ4n) is 4.14. The van der Waals surface area contributed by atoms with Crippen LogP contribution >= 0.6 is 0 Å². The molecule has 1 saturated carbocycles. The second-order valence-electron chi connectivity index (χ2n) is 6.96. The average molecular weight is 310 g/mol. The van der Waals surface area contributed by atoms with Crippen molar-refractivity contribution in [2.45, 2.75) is 57.0 Å². The van der Waals surface area contributed by atoms with Crippen molar-refractivity contribution in [2.75, 3.05) is 13.2 Å². The summed E-state index contributed by atoms with van der Waals surface area (Å²) in [5, 5.41) is 2.67. The Bertz CT molecular complexity index is 652. The van der Waals surface area contributed by atoms with Crippen molar-refractivity contribution in [3.8, 4) is 5.75 Å². The molecule has 1 aliphatic heterocycles. The zero-order valence-corrected chi connectivity index (χ0v) is 13.8. The summed E-state index contributed by atoms with van der Waals surface area (Å²) in [7, 11) is 0. The van der Waals surface area contributed by atoms with E-state index in [-0.39, 0.29) is 0 Å². The van der Waals surface area contributed by atoms with Crippen molar-refractivity contribution < 1.29 is 9.47 Å². The van der Waals surface area contributed by atoms with Gasteiger partial charge in [-0.3, -0.25) is 0 Å². The van der Waals surface area contributed by atoms with E-state index in [9.17, 15) is 0 Å². The average Bonchev–Trinajstić information content (AvgIpc) is 2.64. The van der Waals surface area contributed by atoms with E-state index >= 15 is 0 Å². The van der Waals surface area contributed by atoms with Gasteiger partial charge in [-0.2, -0.15) is 0 Å². The zero-order valence-electron chi connectivity index (χ0n) is 13.8. The first-order chi connectivity index (χ1) is 11.4. The summed E-state index contributed by atoms with van der Waals surface area (Å²) in [5.41, 5.74) is 1.53. The van der Waals surface area contributed by atoms with E-state index in [0.717, 1.165) is 37.7 Å². The van der Waals surface area contributed by atoms with Gasteiger partial charge < -0.3 is 9.47 Å². The normalized spacial score (nSPS) is 20.7. The highest BCUT2D eigenvalue weighted by molar-refractivity contribution is 5.91. The van der Waals surface area contributed by atoms with E-state index in [4.69, 9.17) is 9.47 Å². The Morgan fingerprint density at radius 3 is 2.30 bits per heavy atom. The Hall–Kier alpha value is -1.54. The Labute approximate surface area is 138 Å². The molecule has 0 unspecified atom stereocenters. The minimum Gasteiger partial charge on any atom is -0.490 e. The maximum atomic E-state index is 6.33. The molecule has 1 heterocycles. The van der Waals surface area contributed by atoms with E-state index in [0.29, 0.717) is 6.10 Å². The third-order valence-electron chi connectivity index (χ3n) is 5.42. The molecule has 4 rings (SSSR count). The summed E-state index contributed by atoms with van der Waals surface area (Å²) >= 11 is 0. The van der Waals surface area contributed by atoms with Crippen LogP contribution in [0, 0.1) is 0 Å². The Kier molecular flexibility index (Phi) is 4.52. The van der Waals surface area contributed by atoms with Crippen LogP contribution in [0.2, 0.25) is 0 Å². The molecule has 0 spiro atoms.